The van der Waals surface area contributed by atoms with Crippen molar-refractivity contribution < 1.29 is 13.2 Å². The first kappa shape index (κ1) is 25.1. The summed E-state index contributed by atoms with van der Waals surface area (Å²) >= 11 is 0. The van der Waals surface area contributed by atoms with Gasteiger partial charge in [0.25, 0.3) is 0 Å². The Morgan fingerprint density at radius 2 is 1.74 bits per heavy atom. The average molecular weight is 486 g/mol. The van der Waals surface area contributed by atoms with Gasteiger partial charge in [-0.15, -0.1) is 0 Å². The van der Waals surface area contributed by atoms with Gasteiger partial charge in [0.1, 0.15) is 5.82 Å². The number of rotatable bonds is 6. The zero-order valence-electron chi connectivity index (χ0n) is 20.7. The van der Waals surface area contributed by atoms with Gasteiger partial charge >= 0.3 is 6.18 Å². The molecule has 35 heavy (non-hydrogen) atoms. The molecule has 4 rings (SSSR count). The van der Waals surface area contributed by atoms with Crippen molar-refractivity contribution in [2.45, 2.75) is 52.5 Å². The fourth-order valence-electron chi connectivity index (χ4n) is 4.62. The second-order valence-electron chi connectivity index (χ2n) is 9.49. The summed E-state index contributed by atoms with van der Waals surface area (Å²) in [6, 6.07) is 15.7. The number of aromatic nitrogens is 1. The standard InChI is InChI=1S/C27H34F3N5/c1-5-24-25-22(17-34(4)33-23(15-31-25)18(2)3)26(32-21-9-7-6-8-10-21)35(24)16-19-11-13-20(14-12-19)27(28,29)30/h6-14,18,23,31-33H,5,15-17H2,1-4H3/t23-/m0/s1. The molecule has 2 aromatic carbocycles. The van der Waals surface area contributed by atoms with E-state index in [0.717, 1.165) is 59.1 Å². The second kappa shape index (κ2) is 10.3. The van der Waals surface area contributed by atoms with Gasteiger partial charge in [0, 0.05) is 49.7 Å². The molecule has 0 unspecified atom stereocenters. The van der Waals surface area contributed by atoms with Crippen LogP contribution in [0.1, 0.15) is 43.2 Å². The third kappa shape index (κ3) is 5.65. The molecule has 0 bridgehead atoms. The molecule has 0 spiro atoms. The molecular weight excluding hydrogens is 451 g/mol. The Hall–Kier alpha value is -2.97. The average Bonchev–Trinajstić information content (AvgIpc) is 3.06. The lowest BCUT2D eigenvalue weighted by Gasteiger charge is -2.32. The molecule has 0 amide bonds. The fourth-order valence-corrected chi connectivity index (χ4v) is 4.62. The summed E-state index contributed by atoms with van der Waals surface area (Å²) in [7, 11) is 2.05. The van der Waals surface area contributed by atoms with Gasteiger partial charge in [-0.2, -0.15) is 13.2 Å². The predicted octanol–water partition coefficient (Wildman–Crippen LogP) is 6.25. The third-order valence-corrected chi connectivity index (χ3v) is 6.55. The summed E-state index contributed by atoms with van der Waals surface area (Å²) in [4.78, 5) is 0. The minimum atomic E-state index is -4.34. The molecule has 8 heteroatoms. The van der Waals surface area contributed by atoms with Crippen LogP contribution in [0.5, 0.6) is 0 Å². The number of para-hydroxylation sites is 1. The Morgan fingerprint density at radius 3 is 2.34 bits per heavy atom. The highest BCUT2D eigenvalue weighted by molar-refractivity contribution is 5.73. The Bertz CT molecular complexity index is 1120. The Balaban J connectivity index is 1.79. The van der Waals surface area contributed by atoms with Crippen LogP contribution < -0.4 is 16.1 Å². The molecule has 0 fully saturated rings. The molecule has 5 nitrogen and oxygen atoms in total. The lowest BCUT2D eigenvalue weighted by atomic mass is 10.0. The minimum absolute atomic E-state index is 0.279. The van der Waals surface area contributed by atoms with Crippen LogP contribution in [0, 0.1) is 5.92 Å². The number of hydrazine groups is 1. The molecule has 3 N–H and O–H groups in total. The van der Waals surface area contributed by atoms with E-state index in [1.807, 2.05) is 30.3 Å². The predicted molar refractivity (Wildman–Crippen MR) is 136 cm³/mol. The van der Waals surface area contributed by atoms with Crippen molar-refractivity contribution in [3.05, 3.63) is 77.0 Å². The van der Waals surface area contributed by atoms with Gasteiger partial charge in [0.15, 0.2) is 0 Å². The Labute approximate surface area is 205 Å². The summed E-state index contributed by atoms with van der Waals surface area (Å²) in [6.07, 6.45) is -3.55. The van der Waals surface area contributed by atoms with E-state index in [1.165, 1.54) is 0 Å². The van der Waals surface area contributed by atoms with Crippen molar-refractivity contribution in [2.24, 2.45) is 5.92 Å². The number of nitrogens with one attached hydrogen (secondary N) is 3. The summed E-state index contributed by atoms with van der Waals surface area (Å²) in [5.41, 5.74) is 8.12. The third-order valence-electron chi connectivity index (χ3n) is 6.55. The van der Waals surface area contributed by atoms with E-state index in [9.17, 15) is 13.2 Å². The zero-order chi connectivity index (χ0) is 25.2. The van der Waals surface area contributed by atoms with E-state index < -0.39 is 11.7 Å². The molecule has 1 aromatic heterocycles. The van der Waals surface area contributed by atoms with Crippen LogP contribution >= 0.6 is 0 Å². The molecule has 0 aliphatic carbocycles. The van der Waals surface area contributed by atoms with E-state index in [1.54, 1.807) is 12.1 Å². The number of alkyl halides is 3. The number of hydrogen-bond donors (Lipinski definition) is 3. The highest BCUT2D eigenvalue weighted by Gasteiger charge is 2.30. The molecule has 1 aliphatic rings. The largest absolute Gasteiger partial charge is 0.416 e. The maximum absolute atomic E-state index is 13.1. The van der Waals surface area contributed by atoms with Crippen LogP contribution in [0.4, 0.5) is 30.4 Å². The number of hydrogen-bond acceptors (Lipinski definition) is 4. The molecule has 0 radical (unpaired) electrons. The van der Waals surface area contributed by atoms with Crippen molar-refractivity contribution in [3.8, 4) is 0 Å². The lowest BCUT2D eigenvalue weighted by molar-refractivity contribution is -0.137. The van der Waals surface area contributed by atoms with Crippen molar-refractivity contribution >= 4 is 17.2 Å². The van der Waals surface area contributed by atoms with Crippen LogP contribution in [-0.4, -0.2) is 29.2 Å². The minimum Gasteiger partial charge on any atom is -0.382 e. The first-order valence-electron chi connectivity index (χ1n) is 12.1. The normalized spacial score (nSPS) is 17.0. The van der Waals surface area contributed by atoms with Crippen molar-refractivity contribution in [1.29, 1.82) is 0 Å². The quantitative estimate of drug-likeness (QED) is 0.386. The Morgan fingerprint density at radius 1 is 1.06 bits per heavy atom. The molecule has 0 saturated heterocycles. The molecule has 2 heterocycles. The van der Waals surface area contributed by atoms with Crippen molar-refractivity contribution in [2.75, 3.05) is 24.2 Å². The SMILES string of the molecule is CCc1c2c(c(Nc3ccccc3)n1Cc1ccc(C(F)(F)F)cc1)CN(C)N[C@H](C(C)C)CN2. The van der Waals surface area contributed by atoms with Crippen LogP contribution in [0.25, 0.3) is 0 Å². The summed E-state index contributed by atoms with van der Waals surface area (Å²) in [5, 5.41) is 9.43. The van der Waals surface area contributed by atoms with Crippen LogP contribution in [0.15, 0.2) is 54.6 Å². The number of fused-ring (bicyclic) bond motifs is 1. The van der Waals surface area contributed by atoms with E-state index in [0.29, 0.717) is 19.0 Å². The van der Waals surface area contributed by atoms with Gasteiger partial charge in [0.05, 0.1) is 11.3 Å². The topological polar surface area (TPSA) is 44.3 Å². The number of nitrogens with zero attached hydrogens (tertiary/aromatic N) is 2. The molecule has 3 aromatic rings. The maximum atomic E-state index is 13.1. The monoisotopic (exact) mass is 485 g/mol. The zero-order valence-corrected chi connectivity index (χ0v) is 20.7. The smallest absolute Gasteiger partial charge is 0.382 e. The van der Waals surface area contributed by atoms with Crippen LogP contribution in [0.2, 0.25) is 0 Å². The Kier molecular flexibility index (Phi) is 7.42. The van der Waals surface area contributed by atoms with Crippen LogP contribution in [-0.2, 0) is 25.7 Å². The summed E-state index contributed by atoms with van der Waals surface area (Å²) in [5.74, 6) is 1.40. The number of benzene rings is 2. The van der Waals surface area contributed by atoms with Gasteiger partial charge in [-0.25, -0.2) is 5.01 Å². The lowest BCUT2D eigenvalue weighted by Crippen LogP contribution is -2.49. The molecule has 188 valence electrons. The van der Waals surface area contributed by atoms with Gasteiger partial charge in [-0.05, 0) is 42.2 Å². The highest BCUT2D eigenvalue weighted by Crippen LogP contribution is 2.37. The van der Waals surface area contributed by atoms with E-state index >= 15 is 0 Å². The van der Waals surface area contributed by atoms with Gasteiger partial charge in [-0.1, -0.05) is 51.1 Å². The van der Waals surface area contributed by atoms with E-state index in [4.69, 9.17) is 0 Å². The maximum Gasteiger partial charge on any atom is 0.416 e. The number of halogens is 3. The molecular formula is C27H34F3N5. The van der Waals surface area contributed by atoms with Crippen molar-refractivity contribution in [3.63, 3.8) is 0 Å². The number of anilines is 3. The van der Waals surface area contributed by atoms with Gasteiger partial charge in [0.2, 0.25) is 0 Å². The second-order valence-corrected chi connectivity index (χ2v) is 9.49. The first-order valence-corrected chi connectivity index (χ1v) is 12.1. The van der Waals surface area contributed by atoms with Gasteiger partial charge < -0.3 is 15.2 Å². The highest BCUT2D eigenvalue weighted by atomic mass is 19.4. The molecule has 1 atom stereocenters. The molecule has 1 aliphatic heterocycles. The van der Waals surface area contributed by atoms with Crippen molar-refractivity contribution in [1.82, 2.24) is 15.0 Å². The fraction of sp³-hybridized carbons (Fsp3) is 0.407. The van der Waals surface area contributed by atoms with E-state index in [2.05, 4.69) is 53.5 Å². The first-order chi connectivity index (χ1) is 16.7. The van der Waals surface area contributed by atoms with E-state index in [-0.39, 0.29) is 6.04 Å². The summed E-state index contributed by atoms with van der Waals surface area (Å²) < 4.78 is 41.5. The van der Waals surface area contributed by atoms with Crippen LogP contribution in [0.3, 0.4) is 0 Å². The summed E-state index contributed by atoms with van der Waals surface area (Å²) in [6.45, 7) is 8.44. The van der Waals surface area contributed by atoms with Gasteiger partial charge in [-0.3, -0.25) is 5.43 Å². The molecule has 0 saturated carbocycles.